The highest BCUT2D eigenvalue weighted by Crippen LogP contribution is 2.04. The zero-order valence-electron chi connectivity index (χ0n) is 10.5. The van der Waals surface area contributed by atoms with E-state index in [1.165, 1.54) is 6.92 Å². The lowest BCUT2D eigenvalue weighted by Gasteiger charge is -2.16. The molecule has 0 saturated heterocycles. The maximum Gasteiger partial charge on any atom is 0.326 e. The Balaban J connectivity index is 4.00. The van der Waals surface area contributed by atoms with Crippen molar-refractivity contribution in [3.8, 4) is 0 Å². The van der Waals surface area contributed by atoms with Gasteiger partial charge in [0, 0.05) is 0 Å². The summed E-state index contributed by atoms with van der Waals surface area (Å²) >= 11 is 0. The molecule has 0 aromatic rings. The van der Waals surface area contributed by atoms with Crippen LogP contribution in [0.5, 0.6) is 0 Å². The summed E-state index contributed by atoms with van der Waals surface area (Å²) < 4.78 is 4.89. The Bertz CT molecular complexity index is 252. The Kier molecular flexibility index (Phi) is 7.49. The van der Waals surface area contributed by atoms with Crippen LogP contribution >= 0.6 is 0 Å². The topological polar surface area (TPSA) is 95.9 Å². The minimum atomic E-state index is -1.05. The van der Waals surface area contributed by atoms with Gasteiger partial charge in [-0.2, -0.15) is 0 Å². The van der Waals surface area contributed by atoms with Crippen LogP contribution < -0.4 is 5.32 Å². The third-order valence-corrected chi connectivity index (χ3v) is 1.93. The summed E-state index contributed by atoms with van der Waals surface area (Å²) in [6, 6.07) is -0.891. The molecule has 0 aromatic heterocycles. The van der Waals surface area contributed by atoms with Crippen LogP contribution in [0.15, 0.2) is 0 Å². The fourth-order valence-corrected chi connectivity index (χ4v) is 1.25. The molecule has 0 aromatic carbocycles. The Morgan fingerprint density at radius 3 is 2.29 bits per heavy atom. The Hall–Kier alpha value is -1.14. The summed E-state index contributed by atoms with van der Waals surface area (Å²) in [6.45, 7) is 5.11. The molecule has 6 nitrogen and oxygen atoms in total. The molecule has 0 bridgehead atoms. The quantitative estimate of drug-likeness (QED) is 0.561. The van der Waals surface area contributed by atoms with Crippen LogP contribution in [-0.2, 0) is 14.3 Å². The second-order valence-electron chi connectivity index (χ2n) is 4.45. The van der Waals surface area contributed by atoms with Gasteiger partial charge in [0.1, 0.15) is 12.6 Å². The number of ether oxygens (including phenoxy) is 1. The largest absolute Gasteiger partial charge is 0.480 e. The molecule has 17 heavy (non-hydrogen) atoms. The molecule has 0 radical (unpaired) electrons. The zero-order valence-corrected chi connectivity index (χ0v) is 10.5. The standard InChI is InChI=1S/C11H21NO5/c1-7(2)4-9(11(15)16)12-10(14)6-17-5-8(3)13/h7-9,13H,4-6H2,1-3H3,(H,12,14)(H,15,16)/t8?,9-/m0/s1. The van der Waals surface area contributed by atoms with Gasteiger partial charge in [-0.1, -0.05) is 13.8 Å². The van der Waals surface area contributed by atoms with Crippen LogP contribution in [0.3, 0.4) is 0 Å². The van der Waals surface area contributed by atoms with Crippen molar-refractivity contribution in [1.82, 2.24) is 5.32 Å². The summed E-state index contributed by atoms with van der Waals surface area (Å²) in [7, 11) is 0. The van der Waals surface area contributed by atoms with E-state index in [9.17, 15) is 9.59 Å². The van der Waals surface area contributed by atoms with Crippen molar-refractivity contribution in [2.45, 2.75) is 39.3 Å². The van der Waals surface area contributed by atoms with Gasteiger partial charge in [-0.15, -0.1) is 0 Å². The van der Waals surface area contributed by atoms with Gasteiger partial charge in [0.25, 0.3) is 0 Å². The molecule has 0 aliphatic rings. The Morgan fingerprint density at radius 1 is 1.29 bits per heavy atom. The second kappa shape index (κ2) is 8.03. The fraction of sp³-hybridized carbons (Fsp3) is 0.818. The molecule has 0 heterocycles. The lowest BCUT2D eigenvalue weighted by molar-refractivity contribution is -0.143. The maximum absolute atomic E-state index is 11.3. The first-order valence-electron chi connectivity index (χ1n) is 5.61. The molecule has 0 spiro atoms. The third kappa shape index (κ3) is 8.65. The van der Waals surface area contributed by atoms with E-state index in [-0.39, 0.29) is 19.1 Å². The summed E-state index contributed by atoms with van der Waals surface area (Å²) in [6.07, 6.45) is -0.272. The molecule has 0 aliphatic heterocycles. The first-order valence-corrected chi connectivity index (χ1v) is 5.61. The minimum absolute atomic E-state index is 0.0509. The SMILES string of the molecule is CC(C)C[C@H](NC(=O)COCC(C)O)C(=O)O. The van der Waals surface area contributed by atoms with Crippen LogP contribution in [0, 0.1) is 5.92 Å². The number of nitrogens with one attached hydrogen (secondary N) is 1. The van der Waals surface area contributed by atoms with Gasteiger partial charge in [0.2, 0.25) is 5.91 Å². The van der Waals surface area contributed by atoms with Gasteiger partial charge in [-0.3, -0.25) is 4.79 Å². The number of amides is 1. The number of aliphatic carboxylic acids is 1. The molecule has 2 atom stereocenters. The number of aliphatic hydroxyl groups excluding tert-OH is 1. The molecule has 0 rings (SSSR count). The highest BCUT2D eigenvalue weighted by molar-refractivity contribution is 5.84. The van der Waals surface area contributed by atoms with E-state index >= 15 is 0 Å². The van der Waals surface area contributed by atoms with Gasteiger partial charge in [-0.05, 0) is 19.3 Å². The van der Waals surface area contributed by atoms with Crippen molar-refractivity contribution < 1.29 is 24.5 Å². The highest BCUT2D eigenvalue weighted by Gasteiger charge is 2.20. The molecule has 1 unspecified atom stereocenters. The van der Waals surface area contributed by atoms with Gasteiger partial charge in [-0.25, -0.2) is 4.79 Å². The van der Waals surface area contributed by atoms with Crippen molar-refractivity contribution in [3.05, 3.63) is 0 Å². The first kappa shape index (κ1) is 15.9. The van der Waals surface area contributed by atoms with Crippen LogP contribution in [0.4, 0.5) is 0 Å². The smallest absolute Gasteiger partial charge is 0.326 e. The van der Waals surface area contributed by atoms with E-state index in [2.05, 4.69) is 5.32 Å². The summed E-state index contributed by atoms with van der Waals surface area (Å²) in [5.74, 6) is -1.36. The number of carboxylic acid groups (broad SMARTS) is 1. The molecule has 1 amide bonds. The van der Waals surface area contributed by atoms with Crippen LogP contribution in [0.25, 0.3) is 0 Å². The Labute approximate surface area is 101 Å². The number of hydrogen-bond donors (Lipinski definition) is 3. The van der Waals surface area contributed by atoms with Crippen LogP contribution in [0.1, 0.15) is 27.2 Å². The summed E-state index contributed by atoms with van der Waals surface area (Å²) in [4.78, 5) is 22.2. The van der Waals surface area contributed by atoms with E-state index in [1.807, 2.05) is 13.8 Å². The lowest BCUT2D eigenvalue weighted by atomic mass is 10.0. The van der Waals surface area contributed by atoms with Crippen molar-refractivity contribution in [3.63, 3.8) is 0 Å². The fourth-order valence-electron chi connectivity index (χ4n) is 1.25. The van der Waals surface area contributed by atoms with E-state index in [1.54, 1.807) is 0 Å². The molecular formula is C11H21NO5. The van der Waals surface area contributed by atoms with E-state index < -0.39 is 24.0 Å². The zero-order chi connectivity index (χ0) is 13.4. The van der Waals surface area contributed by atoms with Crippen molar-refractivity contribution >= 4 is 11.9 Å². The van der Waals surface area contributed by atoms with Gasteiger partial charge in [0.15, 0.2) is 0 Å². The Morgan fingerprint density at radius 2 is 1.88 bits per heavy atom. The number of aliphatic hydroxyl groups is 1. The minimum Gasteiger partial charge on any atom is -0.480 e. The number of carbonyl (C=O) groups excluding carboxylic acids is 1. The van der Waals surface area contributed by atoms with Gasteiger partial charge in [0.05, 0.1) is 12.7 Å². The average molecular weight is 247 g/mol. The lowest BCUT2D eigenvalue weighted by Crippen LogP contribution is -2.43. The molecule has 6 heteroatoms. The predicted molar refractivity (Wildman–Crippen MR) is 61.5 cm³/mol. The highest BCUT2D eigenvalue weighted by atomic mass is 16.5. The van der Waals surface area contributed by atoms with E-state index in [0.29, 0.717) is 6.42 Å². The first-order chi connectivity index (χ1) is 7.82. The number of carboxylic acids is 1. The van der Waals surface area contributed by atoms with E-state index in [4.69, 9.17) is 14.9 Å². The molecule has 0 fully saturated rings. The van der Waals surface area contributed by atoms with Gasteiger partial charge >= 0.3 is 5.97 Å². The predicted octanol–water partition coefficient (Wildman–Crippen LogP) is -0.000700. The average Bonchev–Trinajstić information content (AvgIpc) is 2.15. The van der Waals surface area contributed by atoms with Crippen LogP contribution in [0.2, 0.25) is 0 Å². The van der Waals surface area contributed by atoms with Crippen molar-refractivity contribution in [2.75, 3.05) is 13.2 Å². The van der Waals surface area contributed by atoms with Crippen molar-refractivity contribution in [2.24, 2.45) is 5.92 Å². The molecule has 100 valence electrons. The van der Waals surface area contributed by atoms with Crippen LogP contribution in [-0.4, -0.2) is 47.4 Å². The normalized spacial score (nSPS) is 14.4. The third-order valence-electron chi connectivity index (χ3n) is 1.93. The summed E-state index contributed by atoms with van der Waals surface area (Å²) in [5, 5.41) is 20.2. The van der Waals surface area contributed by atoms with E-state index in [0.717, 1.165) is 0 Å². The number of carbonyl (C=O) groups is 2. The molecule has 0 aliphatic carbocycles. The maximum atomic E-state index is 11.3. The van der Waals surface area contributed by atoms with Crippen molar-refractivity contribution in [1.29, 1.82) is 0 Å². The monoisotopic (exact) mass is 247 g/mol. The molecule has 3 N–H and O–H groups in total. The van der Waals surface area contributed by atoms with Gasteiger partial charge < -0.3 is 20.3 Å². The number of rotatable bonds is 8. The number of hydrogen-bond acceptors (Lipinski definition) is 4. The summed E-state index contributed by atoms with van der Waals surface area (Å²) in [5.41, 5.74) is 0. The molecule has 0 saturated carbocycles. The molecular weight excluding hydrogens is 226 g/mol. The second-order valence-corrected chi connectivity index (χ2v) is 4.45.